The van der Waals surface area contributed by atoms with E-state index in [9.17, 15) is 9.59 Å². The number of Topliss-reactive ketones (excluding diaryl/α,β-unsaturated/α-hetero) is 1. The van der Waals surface area contributed by atoms with E-state index in [0.29, 0.717) is 43.3 Å². The van der Waals surface area contributed by atoms with Crippen molar-refractivity contribution >= 4 is 11.8 Å². The molecule has 32 heavy (non-hydrogen) atoms. The van der Waals surface area contributed by atoms with Crippen LogP contribution in [0.2, 0.25) is 0 Å². The van der Waals surface area contributed by atoms with Crippen molar-refractivity contribution in [3.8, 4) is 28.4 Å². The van der Waals surface area contributed by atoms with Crippen molar-refractivity contribution in [1.29, 1.82) is 0 Å². The van der Waals surface area contributed by atoms with Crippen molar-refractivity contribution in [3.63, 3.8) is 0 Å². The molecule has 0 atom stereocenters. The molecule has 0 radical (unpaired) electrons. The molecule has 0 heterocycles. The minimum Gasteiger partial charge on any atom is -0.493 e. The number of ether oxygens (including phenoxy) is 6. The van der Waals surface area contributed by atoms with Gasteiger partial charge in [-0.25, -0.2) is 4.79 Å². The fourth-order valence-corrected chi connectivity index (χ4v) is 3.64. The fraction of sp³-hybridized carbons (Fsp3) is 0.417. The molecule has 3 rings (SSSR count). The van der Waals surface area contributed by atoms with E-state index < -0.39 is 5.97 Å². The highest BCUT2D eigenvalue weighted by molar-refractivity contribution is 6.02. The number of hydrogen-bond acceptors (Lipinski definition) is 8. The van der Waals surface area contributed by atoms with Gasteiger partial charge in [-0.1, -0.05) is 18.2 Å². The highest BCUT2D eigenvalue weighted by atomic mass is 16.6. The van der Waals surface area contributed by atoms with E-state index in [0.717, 1.165) is 22.3 Å². The third-order valence-corrected chi connectivity index (χ3v) is 5.11. The lowest BCUT2D eigenvalue weighted by Crippen LogP contribution is -2.18. The van der Waals surface area contributed by atoms with Crippen molar-refractivity contribution in [2.45, 2.75) is 12.8 Å². The molecule has 0 saturated heterocycles. The van der Waals surface area contributed by atoms with E-state index >= 15 is 0 Å². The molecular weight excluding hydrogens is 416 g/mol. The van der Waals surface area contributed by atoms with Crippen LogP contribution in [0.15, 0.2) is 30.3 Å². The summed E-state index contributed by atoms with van der Waals surface area (Å²) in [7, 11) is 4.64. The predicted molar refractivity (Wildman–Crippen MR) is 117 cm³/mol. The monoisotopic (exact) mass is 444 g/mol. The van der Waals surface area contributed by atoms with Crippen molar-refractivity contribution in [2.24, 2.45) is 0 Å². The number of rotatable bonds is 12. The summed E-state index contributed by atoms with van der Waals surface area (Å²) in [4.78, 5) is 24.0. The molecule has 0 fully saturated rings. The van der Waals surface area contributed by atoms with Crippen molar-refractivity contribution < 1.29 is 38.0 Å². The van der Waals surface area contributed by atoms with Crippen molar-refractivity contribution in [2.75, 3.05) is 54.4 Å². The average Bonchev–Trinajstić information content (AvgIpc) is 3.20. The Kier molecular flexibility index (Phi) is 8.47. The first kappa shape index (κ1) is 23.6. The molecule has 0 saturated carbocycles. The average molecular weight is 444 g/mol. The lowest BCUT2D eigenvalue weighted by Gasteiger charge is -2.19. The zero-order valence-electron chi connectivity index (χ0n) is 18.6. The van der Waals surface area contributed by atoms with Gasteiger partial charge in [0.05, 0.1) is 27.4 Å². The lowest BCUT2D eigenvalue weighted by molar-refractivity contribution is -0.150. The van der Waals surface area contributed by atoms with Gasteiger partial charge in [-0.3, -0.25) is 4.79 Å². The molecule has 8 heteroatoms. The zero-order chi connectivity index (χ0) is 22.9. The molecule has 0 spiro atoms. The van der Waals surface area contributed by atoms with Crippen LogP contribution in [0.1, 0.15) is 22.3 Å². The Morgan fingerprint density at radius 3 is 2.41 bits per heavy atom. The minimum atomic E-state index is -0.484. The summed E-state index contributed by atoms with van der Waals surface area (Å²) < 4.78 is 32.1. The number of benzene rings is 2. The second kappa shape index (κ2) is 11.5. The Morgan fingerprint density at radius 1 is 0.844 bits per heavy atom. The molecule has 2 aromatic rings. The van der Waals surface area contributed by atoms with Gasteiger partial charge in [0, 0.05) is 24.7 Å². The molecule has 0 amide bonds. The smallest absolute Gasteiger partial charge is 0.332 e. The van der Waals surface area contributed by atoms with E-state index in [1.165, 1.54) is 7.11 Å². The van der Waals surface area contributed by atoms with Crippen LogP contribution < -0.4 is 14.2 Å². The topological polar surface area (TPSA) is 89.5 Å². The Labute approximate surface area is 187 Å². The standard InChI is InChI=1S/C24H28O8/c1-27-11-12-30-15-22(26)31-13-14-32-23-19(8-10-21(28-2)24(23)29-3)16-5-4-6-18-17(16)7-9-20(18)25/h4-6,8,10H,7,9,11-15H2,1-3H3. The van der Waals surface area contributed by atoms with Crippen LogP contribution in [0.25, 0.3) is 11.1 Å². The molecule has 0 bridgehead atoms. The van der Waals surface area contributed by atoms with Crippen LogP contribution in [-0.2, 0) is 25.4 Å². The number of hydrogen-bond donors (Lipinski definition) is 0. The number of esters is 1. The molecule has 0 unspecified atom stereocenters. The number of ketones is 1. The highest BCUT2D eigenvalue weighted by Crippen LogP contribution is 2.46. The molecule has 8 nitrogen and oxygen atoms in total. The maximum Gasteiger partial charge on any atom is 0.332 e. The summed E-state index contributed by atoms with van der Waals surface area (Å²) in [5, 5.41) is 0. The molecule has 0 N–H and O–H groups in total. The van der Waals surface area contributed by atoms with Gasteiger partial charge in [0.25, 0.3) is 0 Å². The maximum atomic E-state index is 12.2. The number of carbonyl (C=O) groups is 2. The van der Waals surface area contributed by atoms with E-state index in [1.54, 1.807) is 20.3 Å². The molecule has 172 valence electrons. The molecule has 0 aromatic heterocycles. The van der Waals surface area contributed by atoms with E-state index in [2.05, 4.69) is 0 Å². The van der Waals surface area contributed by atoms with Crippen LogP contribution in [0.5, 0.6) is 17.2 Å². The summed E-state index contributed by atoms with van der Waals surface area (Å²) in [6, 6.07) is 9.36. The molecule has 1 aliphatic carbocycles. The minimum absolute atomic E-state index is 0.0393. The molecular formula is C24H28O8. The third-order valence-electron chi connectivity index (χ3n) is 5.11. The van der Waals surface area contributed by atoms with Gasteiger partial charge >= 0.3 is 5.97 Å². The molecule has 2 aromatic carbocycles. The van der Waals surface area contributed by atoms with Crippen LogP contribution in [0.4, 0.5) is 0 Å². The fourth-order valence-electron chi connectivity index (χ4n) is 3.64. The van der Waals surface area contributed by atoms with E-state index in [4.69, 9.17) is 28.4 Å². The zero-order valence-corrected chi connectivity index (χ0v) is 18.6. The van der Waals surface area contributed by atoms with Crippen LogP contribution in [0.3, 0.4) is 0 Å². The second-order valence-electron chi connectivity index (χ2n) is 7.05. The summed E-state index contributed by atoms with van der Waals surface area (Å²) >= 11 is 0. The lowest BCUT2D eigenvalue weighted by atomic mass is 9.95. The first-order valence-corrected chi connectivity index (χ1v) is 10.4. The molecule has 1 aliphatic rings. The summed E-state index contributed by atoms with van der Waals surface area (Å²) in [5.41, 5.74) is 3.43. The Hall–Kier alpha value is -3.10. The van der Waals surface area contributed by atoms with Crippen LogP contribution in [0, 0.1) is 0 Å². The second-order valence-corrected chi connectivity index (χ2v) is 7.05. The SMILES string of the molecule is COCCOCC(=O)OCCOc1c(-c2cccc3c2CCC3=O)ccc(OC)c1OC. The van der Waals surface area contributed by atoms with E-state index in [1.807, 2.05) is 24.3 Å². The number of carbonyl (C=O) groups excluding carboxylic acids is 2. The largest absolute Gasteiger partial charge is 0.493 e. The summed E-state index contributed by atoms with van der Waals surface area (Å²) in [6.45, 7) is 0.715. The normalized spacial score (nSPS) is 12.4. The number of fused-ring (bicyclic) bond motifs is 1. The first-order valence-electron chi connectivity index (χ1n) is 10.4. The van der Waals surface area contributed by atoms with Gasteiger partial charge in [-0.15, -0.1) is 0 Å². The third kappa shape index (κ3) is 5.38. The van der Waals surface area contributed by atoms with Crippen molar-refractivity contribution in [3.05, 3.63) is 41.5 Å². The summed E-state index contributed by atoms with van der Waals surface area (Å²) in [5.74, 6) is 1.07. The Bertz CT molecular complexity index is 953. The maximum absolute atomic E-state index is 12.2. The Morgan fingerprint density at radius 2 is 1.66 bits per heavy atom. The van der Waals surface area contributed by atoms with Crippen molar-refractivity contribution in [1.82, 2.24) is 0 Å². The quantitative estimate of drug-likeness (QED) is 0.365. The first-order chi connectivity index (χ1) is 15.6. The van der Waals surface area contributed by atoms with Gasteiger partial charge in [-0.05, 0) is 29.7 Å². The van der Waals surface area contributed by atoms with Crippen LogP contribution >= 0.6 is 0 Å². The highest BCUT2D eigenvalue weighted by Gasteiger charge is 2.26. The van der Waals surface area contributed by atoms with Gasteiger partial charge in [-0.2, -0.15) is 0 Å². The predicted octanol–water partition coefficient (Wildman–Crippen LogP) is 3.08. The van der Waals surface area contributed by atoms with Gasteiger partial charge < -0.3 is 28.4 Å². The van der Waals surface area contributed by atoms with Gasteiger partial charge in [0.2, 0.25) is 5.75 Å². The van der Waals surface area contributed by atoms with Gasteiger partial charge in [0.15, 0.2) is 17.3 Å². The number of methoxy groups -OCH3 is 3. The summed E-state index contributed by atoms with van der Waals surface area (Å²) in [6.07, 6.45) is 1.18. The van der Waals surface area contributed by atoms with E-state index in [-0.39, 0.29) is 25.6 Å². The molecule has 0 aliphatic heterocycles. The van der Waals surface area contributed by atoms with Crippen LogP contribution in [-0.4, -0.2) is 66.1 Å². The van der Waals surface area contributed by atoms with Gasteiger partial charge in [0.1, 0.15) is 19.8 Å². The Balaban J connectivity index is 1.77.